The number of thiazole rings is 1. The van der Waals surface area contributed by atoms with Crippen LogP contribution in [0.4, 0.5) is 0 Å². The Labute approximate surface area is 152 Å². The van der Waals surface area contributed by atoms with Gasteiger partial charge < -0.3 is 9.64 Å². The Morgan fingerprint density at radius 3 is 2.52 bits per heavy atom. The molecule has 0 atom stereocenters. The second-order valence-corrected chi connectivity index (χ2v) is 7.40. The van der Waals surface area contributed by atoms with Gasteiger partial charge in [0.05, 0.1) is 13.7 Å². The summed E-state index contributed by atoms with van der Waals surface area (Å²) in [4.78, 5) is 30.2. The first kappa shape index (κ1) is 18.9. The third-order valence-electron chi connectivity index (χ3n) is 3.53. The van der Waals surface area contributed by atoms with Gasteiger partial charge in [-0.15, -0.1) is 11.3 Å². The third-order valence-corrected chi connectivity index (χ3v) is 4.37. The molecule has 6 heteroatoms. The summed E-state index contributed by atoms with van der Waals surface area (Å²) in [5.41, 5.74) is 0.852. The maximum Gasteiger partial charge on any atom is 0.357 e. The van der Waals surface area contributed by atoms with E-state index in [4.69, 9.17) is 0 Å². The predicted octanol–water partition coefficient (Wildman–Crippen LogP) is 3.77. The van der Waals surface area contributed by atoms with Crippen molar-refractivity contribution in [3.05, 3.63) is 58.1 Å². The molecular weight excluding hydrogens is 336 g/mol. The minimum absolute atomic E-state index is 0.105. The summed E-state index contributed by atoms with van der Waals surface area (Å²) in [6.45, 7) is 6.24. The van der Waals surface area contributed by atoms with Crippen molar-refractivity contribution in [3.8, 4) is 0 Å². The van der Waals surface area contributed by atoms with Crippen molar-refractivity contribution in [1.29, 1.82) is 0 Å². The number of rotatable bonds is 5. The second kappa shape index (κ2) is 8.07. The maximum atomic E-state index is 12.7. The molecular formula is C19H22N2O3S. The molecule has 132 valence electrons. The lowest BCUT2D eigenvalue weighted by atomic mass is 10.1. The Bertz CT molecular complexity index is 760. The number of benzene rings is 1. The molecule has 0 spiro atoms. The van der Waals surface area contributed by atoms with E-state index in [1.165, 1.54) is 18.4 Å². The molecule has 2 aromatic rings. The van der Waals surface area contributed by atoms with E-state index in [1.54, 1.807) is 22.4 Å². The fourth-order valence-electron chi connectivity index (χ4n) is 2.18. The molecule has 0 saturated carbocycles. The van der Waals surface area contributed by atoms with Crippen LogP contribution in [0, 0.1) is 0 Å². The number of methoxy groups -OCH3 is 1. The summed E-state index contributed by atoms with van der Waals surface area (Å²) < 4.78 is 4.67. The lowest BCUT2D eigenvalue weighted by Crippen LogP contribution is -2.44. The van der Waals surface area contributed by atoms with E-state index >= 15 is 0 Å². The lowest BCUT2D eigenvalue weighted by molar-refractivity contribution is -0.131. The molecule has 25 heavy (non-hydrogen) atoms. The number of carbonyl (C=O) groups is 2. The fourth-order valence-corrected chi connectivity index (χ4v) is 2.94. The van der Waals surface area contributed by atoms with Crippen LogP contribution in [0.2, 0.25) is 0 Å². The van der Waals surface area contributed by atoms with E-state index in [2.05, 4.69) is 9.72 Å². The van der Waals surface area contributed by atoms with Gasteiger partial charge in [-0.05, 0) is 32.4 Å². The highest BCUT2D eigenvalue weighted by atomic mass is 32.1. The maximum absolute atomic E-state index is 12.7. The van der Waals surface area contributed by atoms with Gasteiger partial charge in [-0.25, -0.2) is 9.78 Å². The number of hydrogen-bond donors (Lipinski definition) is 0. The third kappa shape index (κ3) is 5.26. The number of esters is 1. The quantitative estimate of drug-likeness (QED) is 0.603. The molecule has 0 saturated heterocycles. The van der Waals surface area contributed by atoms with Crippen molar-refractivity contribution in [2.24, 2.45) is 0 Å². The molecule has 0 N–H and O–H groups in total. The minimum atomic E-state index is -0.472. The Balaban J connectivity index is 2.16. The number of ether oxygens (including phenoxy) is 1. The van der Waals surface area contributed by atoms with E-state index in [0.717, 1.165) is 5.56 Å². The molecule has 1 aromatic carbocycles. The molecule has 1 aromatic heterocycles. The molecule has 0 aliphatic heterocycles. The van der Waals surface area contributed by atoms with Gasteiger partial charge in [-0.3, -0.25) is 4.79 Å². The van der Waals surface area contributed by atoms with E-state index in [1.807, 2.05) is 51.1 Å². The Kier molecular flexibility index (Phi) is 6.09. The molecule has 0 radical (unpaired) electrons. The van der Waals surface area contributed by atoms with Crippen molar-refractivity contribution in [1.82, 2.24) is 9.88 Å². The van der Waals surface area contributed by atoms with Crippen LogP contribution in [0.25, 0.3) is 6.08 Å². The largest absolute Gasteiger partial charge is 0.464 e. The number of nitrogens with zero attached hydrogens (tertiary/aromatic N) is 2. The van der Waals surface area contributed by atoms with Crippen molar-refractivity contribution >= 4 is 29.3 Å². The molecule has 0 aliphatic carbocycles. The predicted molar refractivity (Wildman–Crippen MR) is 99.2 cm³/mol. The highest BCUT2D eigenvalue weighted by Gasteiger charge is 2.26. The summed E-state index contributed by atoms with van der Waals surface area (Å²) in [5, 5.41) is 2.34. The standard InChI is InChI=1S/C19H22N2O3S/c1-19(2,3)21(12-16-20-15(13-25-16)18(23)24-4)17(22)11-10-14-8-6-5-7-9-14/h5-11,13H,12H2,1-4H3/b11-10+. The summed E-state index contributed by atoms with van der Waals surface area (Å²) in [6, 6.07) is 9.66. The summed E-state index contributed by atoms with van der Waals surface area (Å²) >= 11 is 1.34. The van der Waals surface area contributed by atoms with E-state index < -0.39 is 5.97 Å². The smallest absolute Gasteiger partial charge is 0.357 e. The molecule has 0 bridgehead atoms. The number of hydrogen-bond acceptors (Lipinski definition) is 5. The van der Waals surface area contributed by atoms with Crippen LogP contribution in [-0.2, 0) is 16.1 Å². The van der Waals surface area contributed by atoms with Gasteiger partial charge in [0.25, 0.3) is 0 Å². The molecule has 2 rings (SSSR count). The highest BCUT2D eigenvalue weighted by Crippen LogP contribution is 2.21. The van der Waals surface area contributed by atoms with Crippen molar-refractivity contribution < 1.29 is 14.3 Å². The Hall–Kier alpha value is -2.47. The van der Waals surface area contributed by atoms with E-state index in [9.17, 15) is 9.59 Å². The van der Waals surface area contributed by atoms with Gasteiger partial charge in [0, 0.05) is 17.0 Å². The molecule has 1 heterocycles. The molecule has 0 aliphatic rings. The minimum Gasteiger partial charge on any atom is -0.464 e. The fraction of sp³-hybridized carbons (Fsp3) is 0.316. The number of amides is 1. The Morgan fingerprint density at radius 1 is 1.24 bits per heavy atom. The second-order valence-electron chi connectivity index (χ2n) is 6.46. The van der Waals surface area contributed by atoms with Crippen LogP contribution < -0.4 is 0 Å². The first-order valence-corrected chi connectivity index (χ1v) is 8.76. The van der Waals surface area contributed by atoms with Gasteiger partial charge in [0.1, 0.15) is 5.01 Å². The SMILES string of the molecule is COC(=O)c1csc(CN(C(=O)/C=C/c2ccccc2)C(C)(C)C)n1. The van der Waals surface area contributed by atoms with Gasteiger partial charge in [0.15, 0.2) is 5.69 Å². The number of aromatic nitrogens is 1. The summed E-state index contributed by atoms with van der Waals surface area (Å²) in [6.07, 6.45) is 3.36. The number of carbonyl (C=O) groups excluding carboxylic acids is 2. The van der Waals surface area contributed by atoms with Crippen LogP contribution in [0.15, 0.2) is 41.8 Å². The van der Waals surface area contributed by atoms with Crippen molar-refractivity contribution in [2.45, 2.75) is 32.9 Å². The van der Waals surface area contributed by atoms with Crippen LogP contribution >= 0.6 is 11.3 Å². The normalized spacial score (nSPS) is 11.5. The summed E-state index contributed by atoms with van der Waals surface area (Å²) in [5.74, 6) is -0.578. The lowest BCUT2D eigenvalue weighted by Gasteiger charge is -2.34. The van der Waals surface area contributed by atoms with Crippen LogP contribution in [-0.4, -0.2) is 34.4 Å². The van der Waals surface area contributed by atoms with Gasteiger partial charge in [0.2, 0.25) is 5.91 Å². The van der Waals surface area contributed by atoms with Gasteiger partial charge >= 0.3 is 5.97 Å². The molecule has 5 nitrogen and oxygen atoms in total. The average Bonchev–Trinajstić information content (AvgIpc) is 3.05. The molecule has 0 fully saturated rings. The topological polar surface area (TPSA) is 59.5 Å². The van der Waals surface area contributed by atoms with Gasteiger partial charge in [-0.1, -0.05) is 30.3 Å². The zero-order chi connectivity index (χ0) is 18.4. The average molecular weight is 358 g/mol. The summed E-state index contributed by atoms with van der Waals surface area (Å²) in [7, 11) is 1.32. The monoisotopic (exact) mass is 358 g/mol. The van der Waals surface area contributed by atoms with E-state index in [0.29, 0.717) is 11.6 Å². The van der Waals surface area contributed by atoms with Crippen LogP contribution in [0.5, 0.6) is 0 Å². The van der Waals surface area contributed by atoms with Crippen LogP contribution in [0.3, 0.4) is 0 Å². The van der Waals surface area contributed by atoms with Crippen LogP contribution in [0.1, 0.15) is 41.8 Å². The highest BCUT2D eigenvalue weighted by molar-refractivity contribution is 7.09. The van der Waals surface area contributed by atoms with Gasteiger partial charge in [-0.2, -0.15) is 0 Å². The Morgan fingerprint density at radius 2 is 1.92 bits per heavy atom. The van der Waals surface area contributed by atoms with Crippen molar-refractivity contribution in [3.63, 3.8) is 0 Å². The first-order valence-electron chi connectivity index (χ1n) is 7.88. The zero-order valence-electron chi connectivity index (χ0n) is 14.9. The molecule has 0 unspecified atom stereocenters. The zero-order valence-corrected chi connectivity index (χ0v) is 15.7. The molecule has 1 amide bonds. The first-order chi connectivity index (χ1) is 11.8. The van der Waals surface area contributed by atoms with Crippen molar-refractivity contribution in [2.75, 3.05) is 7.11 Å². The van der Waals surface area contributed by atoms with E-state index in [-0.39, 0.29) is 17.1 Å².